The third-order valence-corrected chi connectivity index (χ3v) is 4.15. The number of amides is 1. The summed E-state index contributed by atoms with van der Waals surface area (Å²) in [4.78, 5) is 12.2. The summed E-state index contributed by atoms with van der Waals surface area (Å²) in [6, 6.07) is 8.61. The fraction of sp³-hybridized carbons (Fsp3) is 0.278. The number of ether oxygens (including phenoxy) is 3. The lowest BCUT2D eigenvalue weighted by Crippen LogP contribution is -2.24. The number of fused-ring (bicyclic) bond motifs is 1. The number of anilines is 1. The van der Waals surface area contributed by atoms with E-state index in [-0.39, 0.29) is 24.0 Å². The first-order valence-corrected chi connectivity index (χ1v) is 7.50. The maximum absolute atomic E-state index is 12.2. The third kappa shape index (κ3) is 2.60. The Morgan fingerprint density at radius 2 is 1.83 bits per heavy atom. The Bertz CT molecular complexity index is 787. The molecule has 2 aromatic rings. The molecule has 0 bridgehead atoms. The van der Waals surface area contributed by atoms with E-state index in [4.69, 9.17) is 14.2 Å². The van der Waals surface area contributed by atoms with Gasteiger partial charge in [0.05, 0.1) is 27.0 Å². The van der Waals surface area contributed by atoms with Crippen molar-refractivity contribution in [3.05, 3.63) is 41.5 Å². The van der Waals surface area contributed by atoms with Gasteiger partial charge in [0.1, 0.15) is 5.75 Å². The molecule has 0 spiro atoms. The highest BCUT2D eigenvalue weighted by atomic mass is 16.5. The molecule has 1 aliphatic heterocycles. The normalized spacial score (nSPS) is 16.1. The van der Waals surface area contributed by atoms with E-state index < -0.39 is 0 Å². The molecule has 2 aromatic carbocycles. The molecule has 0 aromatic heterocycles. The van der Waals surface area contributed by atoms with Crippen molar-refractivity contribution < 1.29 is 24.1 Å². The van der Waals surface area contributed by atoms with Crippen molar-refractivity contribution >= 4 is 11.6 Å². The Kier molecular flexibility index (Phi) is 4.20. The molecule has 6 heteroatoms. The number of phenolic OH excluding ortho intramolecular Hbond substituents is 1. The molecule has 1 heterocycles. The van der Waals surface area contributed by atoms with Gasteiger partial charge in [-0.3, -0.25) is 4.79 Å². The van der Waals surface area contributed by atoms with Gasteiger partial charge in [0.2, 0.25) is 11.7 Å². The van der Waals surface area contributed by atoms with Crippen LogP contribution in [-0.2, 0) is 4.79 Å². The lowest BCUT2D eigenvalue weighted by atomic mass is 9.83. The van der Waals surface area contributed by atoms with Gasteiger partial charge in [-0.05, 0) is 17.7 Å². The molecular formula is C18H19NO5. The lowest BCUT2D eigenvalue weighted by molar-refractivity contribution is -0.116. The molecule has 1 amide bonds. The van der Waals surface area contributed by atoms with E-state index in [2.05, 4.69) is 5.32 Å². The maximum Gasteiger partial charge on any atom is 0.225 e. The predicted octanol–water partition coefficient (Wildman–Crippen LogP) is 2.89. The zero-order valence-electron chi connectivity index (χ0n) is 13.8. The van der Waals surface area contributed by atoms with Crippen molar-refractivity contribution in [2.24, 2.45) is 0 Å². The zero-order valence-corrected chi connectivity index (χ0v) is 13.8. The molecule has 6 nitrogen and oxygen atoms in total. The van der Waals surface area contributed by atoms with Crippen molar-refractivity contribution in [2.75, 3.05) is 26.6 Å². The van der Waals surface area contributed by atoms with Gasteiger partial charge in [0.25, 0.3) is 0 Å². The lowest BCUT2D eigenvalue weighted by Gasteiger charge is -2.29. The number of benzene rings is 2. The molecule has 24 heavy (non-hydrogen) atoms. The first-order chi connectivity index (χ1) is 11.6. The standard InChI is InChI=1S/C18H19NO5/c1-22-14-9-13-16(18(24-3)17(14)23-2)12(8-15(21)19-13)10-5-4-6-11(20)7-10/h4-7,9,12,20H,8H2,1-3H3,(H,19,21)/t12-/m0/s1. The third-order valence-electron chi connectivity index (χ3n) is 4.15. The van der Waals surface area contributed by atoms with Crippen LogP contribution in [0.15, 0.2) is 30.3 Å². The molecule has 1 aliphatic rings. The van der Waals surface area contributed by atoms with E-state index in [0.29, 0.717) is 22.9 Å². The van der Waals surface area contributed by atoms with Gasteiger partial charge in [-0.1, -0.05) is 12.1 Å². The number of nitrogens with one attached hydrogen (secondary N) is 1. The molecule has 0 saturated heterocycles. The van der Waals surface area contributed by atoms with E-state index in [1.165, 1.54) is 14.2 Å². The summed E-state index contributed by atoms with van der Waals surface area (Å²) in [5.74, 6) is 1.26. The van der Waals surface area contributed by atoms with Crippen LogP contribution in [0, 0.1) is 0 Å². The molecular weight excluding hydrogens is 310 g/mol. The van der Waals surface area contributed by atoms with Crippen molar-refractivity contribution in [3.63, 3.8) is 0 Å². The number of carbonyl (C=O) groups is 1. The van der Waals surface area contributed by atoms with Crippen LogP contribution in [0.5, 0.6) is 23.0 Å². The molecule has 0 radical (unpaired) electrons. The Hall–Kier alpha value is -2.89. The Morgan fingerprint density at radius 1 is 1.08 bits per heavy atom. The van der Waals surface area contributed by atoms with Crippen LogP contribution in [0.3, 0.4) is 0 Å². The number of rotatable bonds is 4. The summed E-state index contributed by atoms with van der Waals surface area (Å²) < 4.78 is 16.4. The van der Waals surface area contributed by atoms with E-state index in [0.717, 1.165) is 11.1 Å². The Morgan fingerprint density at radius 3 is 2.46 bits per heavy atom. The van der Waals surface area contributed by atoms with Crippen LogP contribution in [0.4, 0.5) is 5.69 Å². The molecule has 1 atom stereocenters. The fourth-order valence-corrected chi connectivity index (χ4v) is 3.14. The van der Waals surface area contributed by atoms with Gasteiger partial charge in [0, 0.05) is 24.0 Å². The molecule has 0 fully saturated rings. The average molecular weight is 329 g/mol. The smallest absolute Gasteiger partial charge is 0.225 e. The van der Waals surface area contributed by atoms with Crippen LogP contribution in [0.1, 0.15) is 23.5 Å². The van der Waals surface area contributed by atoms with Crippen LogP contribution < -0.4 is 19.5 Å². The van der Waals surface area contributed by atoms with E-state index in [1.807, 2.05) is 6.07 Å². The van der Waals surface area contributed by atoms with Crippen molar-refractivity contribution in [1.29, 1.82) is 0 Å². The van der Waals surface area contributed by atoms with E-state index >= 15 is 0 Å². The van der Waals surface area contributed by atoms with Crippen molar-refractivity contribution in [2.45, 2.75) is 12.3 Å². The van der Waals surface area contributed by atoms with Gasteiger partial charge in [-0.25, -0.2) is 0 Å². The second-order valence-corrected chi connectivity index (χ2v) is 5.51. The second kappa shape index (κ2) is 6.31. The summed E-state index contributed by atoms with van der Waals surface area (Å²) >= 11 is 0. The molecule has 0 aliphatic carbocycles. The first kappa shape index (κ1) is 16.0. The molecule has 0 unspecified atom stereocenters. The van der Waals surface area contributed by atoms with Crippen LogP contribution in [-0.4, -0.2) is 32.3 Å². The van der Waals surface area contributed by atoms with Gasteiger partial charge < -0.3 is 24.6 Å². The van der Waals surface area contributed by atoms with Crippen LogP contribution >= 0.6 is 0 Å². The van der Waals surface area contributed by atoms with Gasteiger partial charge >= 0.3 is 0 Å². The SMILES string of the molecule is COc1cc2c(c(OC)c1OC)[C@H](c1cccc(O)c1)CC(=O)N2. The summed E-state index contributed by atoms with van der Waals surface area (Å²) in [7, 11) is 4.62. The highest BCUT2D eigenvalue weighted by Gasteiger charge is 2.33. The largest absolute Gasteiger partial charge is 0.508 e. The van der Waals surface area contributed by atoms with Crippen molar-refractivity contribution in [3.8, 4) is 23.0 Å². The Labute approximate surface area is 140 Å². The first-order valence-electron chi connectivity index (χ1n) is 7.50. The van der Waals surface area contributed by atoms with Gasteiger partial charge in [-0.15, -0.1) is 0 Å². The Balaban J connectivity index is 2.25. The number of hydrogen-bond acceptors (Lipinski definition) is 5. The second-order valence-electron chi connectivity index (χ2n) is 5.51. The number of hydrogen-bond donors (Lipinski definition) is 2. The molecule has 3 rings (SSSR count). The number of aromatic hydroxyl groups is 1. The number of carbonyl (C=O) groups excluding carboxylic acids is 1. The van der Waals surface area contributed by atoms with Crippen molar-refractivity contribution in [1.82, 2.24) is 0 Å². The van der Waals surface area contributed by atoms with Crippen LogP contribution in [0.2, 0.25) is 0 Å². The minimum atomic E-state index is -0.254. The molecule has 0 saturated carbocycles. The van der Waals surface area contributed by atoms with Crippen LogP contribution in [0.25, 0.3) is 0 Å². The van der Waals surface area contributed by atoms with Gasteiger partial charge in [0.15, 0.2) is 11.5 Å². The minimum Gasteiger partial charge on any atom is -0.508 e. The zero-order chi connectivity index (χ0) is 17.3. The minimum absolute atomic E-state index is 0.106. The summed E-state index contributed by atoms with van der Waals surface area (Å²) in [6.45, 7) is 0. The monoisotopic (exact) mass is 329 g/mol. The average Bonchev–Trinajstić information content (AvgIpc) is 2.59. The summed E-state index contributed by atoms with van der Waals surface area (Å²) in [6.07, 6.45) is 0.252. The topological polar surface area (TPSA) is 77.0 Å². The van der Waals surface area contributed by atoms with E-state index in [9.17, 15) is 9.90 Å². The fourth-order valence-electron chi connectivity index (χ4n) is 3.14. The van der Waals surface area contributed by atoms with Gasteiger partial charge in [-0.2, -0.15) is 0 Å². The highest BCUT2D eigenvalue weighted by Crippen LogP contribution is 2.51. The number of phenols is 1. The highest BCUT2D eigenvalue weighted by molar-refractivity contribution is 5.97. The number of methoxy groups -OCH3 is 3. The summed E-state index contributed by atoms with van der Waals surface area (Å²) in [5.41, 5.74) is 2.26. The summed E-state index contributed by atoms with van der Waals surface area (Å²) in [5, 5.41) is 12.6. The maximum atomic E-state index is 12.2. The van der Waals surface area contributed by atoms with E-state index in [1.54, 1.807) is 31.4 Å². The molecule has 2 N–H and O–H groups in total. The predicted molar refractivity (Wildman–Crippen MR) is 89.3 cm³/mol. The quantitative estimate of drug-likeness (QED) is 0.902. The molecule has 126 valence electrons.